The highest BCUT2D eigenvalue weighted by molar-refractivity contribution is 6.31. The fourth-order valence-electron chi connectivity index (χ4n) is 1.70. The molecule has 0 saturated heterocycles. The Hall–Kier alpha value is -1.48. The summed E-state index contributed by atoms with van der Waals surface area (Å²) in [6.45, 7) is 5.83. The van der Waals surface area contributed by atoms with Crippen molar-refractivity contribution in [1.82, 2.24) is 0 Å². The van der Waals surface area contributed by atoms with E-state index in [0.29, 0.717) is 23.0 Å². The number of carbonyl (C=O) groups excluding carboxylic acids is 1. The highest BCUT2D eigenvalue weighted by Crippen LogP contribution is 2.35. The van der Waals surface area contributed by atoms with Crippen LogP contribution in [0.15, 0.2) is 30.9 Å². The summed E-state index contributed by atoms with van der Waals surface area (Å²) in [5, 5.41) is 0.582. The first-order valence-electron chi connectivity index (χ1n) is 5.02. The number of amides is 1. The summed E-state index contributed by atoms with van der Waals surface area (Å²) >= 11 is 5.91. The van der Waals surface area contributed by atoms with E-state index >= 15 is 0 Å². The molecular weight excluding hydrogens is 226 g/mol. The van der Waals surface area contributed by atoms with Crippen molar-refractivity contribution in [3.63, 3.8) is 0 Å². The highest BCUT2D eigenvalue weighted by atomic mass is 35.5. The van der Waals surface area contributed by atoms with Crippen LogP contribution in [0, 0.1) is 0 Å². The van der Waals surface area contributed by atoms with Crippen LogP contribution in [-0.2, 0) is 4.79 Å². The molecule has 0 N–H and O–H groups in total. The first-order chi connectivity index (χ1) is 7.63. The molecule has 0 aromatic heterocycles. The normalized spacial score (nSPS) is 19.0. The minimum absolute atomic E-state index is 0.0744. The maximum absolute atomic E-state index is 11.9. The molecule has 84 valence electrons. The van der Waals surface area contributed by atoms with E-state index in [1.807, 2.05) is 0 Å². The number of halogens is 1. The second-order valence-corrected chi connectivity index (χ2v) is 4.05. The molecule has 3 nitrogen and oxygen atoms in total. The zero-order chi connectivity index (χ0) is 11.7. The minimum Gasteiger partial charge on any atom is -0.479 e. The zero-order valence-corrected chi connectivity index (χ0v) is 9.70. The zero-order valence-electron chi connectivity index (χ0n) is 8.94. The number of ether oxygens (including phenoxy) is 1. The van der Waals surface area contributed by atoms with E-state index in [2.05, 4.69) is 6.58 Å². The molecule has 4 heteroatoms. The van der Waals surface area contributed by atoms with Crippen molar-refractivity contribution >= 4 is 23.2 Å². The number of fused-ring (bicyclic) bond motifs is 1. The Kier molecular flexibility index (Phi) is 2.88. The van der Waals surface area contributed by atoms with Crippen LogP contribution in [0.3, 0.4) is 0 Å². The molecule has 0 spiro atoms. The lowest BCUT2D eigenvalue weighted by atomic mass is 10.2. The summed E-state index contributed by atoms with van der Waals surface area (Å²) in [6, 6.07) is 5.25. The molecular formula is C12H12ClNO2. The Morgan fingerprint density at radius 2 is 2.38 bits per heavy atom. The summed E-state index contributed by atoms with van der Waals surface area (Å²) in [5.41, 5.74) is 0.704. The molecule has 1 amide bonds. The average Bonchev–Trinajstić information content (AvgIpc) is 2.26. The third-order valence-corrected chi connectivity index (χ3v) is 2.68. The fourth-order valence-corrected chi connectivity index (χ4v) is 1.86. The van der Waals surface area contributed by atoms with Crippen molar-refractivity contribution in [2.45, 2.75) is 13.0 Å². The molecule has 0 bridgehead atoms. The van der Waals surface area contributed by atoms with Gasteiger partial charge < -0.3 is 9.64 Å². The Morgan fingerprint density at radius 3 is 3.06 bits per heavy atom. The predicted molar refractivity (Wildman–Crippen MR) is 64.1 cm³/mol. The number of anilines is 1. The van der Waals surface area contributed by atoms with Crippen LogP contribution < -0.4 is 9.64 Å². The molecule has 0 aliphatic carbocycles. The van der Waals surface area contributed by atoms with E-state index in [0.717, 1.165) is 0 Å². The van der Waals surface area contributed by atoms with Crippen LogP contribution in [0.1, 0.15) is 6.92 Å². The Balaban J connectivity index is 2.48. The molecule has 1 aromatic carbocycles. The Bertz CT molecular complexity index is 445. The van der Waals surface area contributed by atoms with E-state index in [9.17, 15) is 4.79 Å². The van der Waals surface area contributed by atoms with Gasteiger partial charge in [-0.05, 0) is 25.1 Å². The van der Waals surface area contributed by atoms with Gasteiger partial charge in [0.15, 0.2) is 6.10 Å². The number of rotatable bonds is 2. The van der Waals surface area contributed by atoms with Crippen molar-refractivity contribution in [2.24, 2.45) is 0 Å². The summed E-state index contributed by atoms with van der Waals surface area (Å²) in [4.78, 5) is 13.5. The van der Waals surface area contributed by atoms with Gasteiger partial charge in [-0.2, -0.15) is 0 Å². The van der Waals surface area contributed by atoms with Gasteiger partial charge in [-0.15, -0.1) is 6.58 Å². The summed E-state index contributed by atoms with van der Waals surface area (Å²) in [6.07, 6.45) is 1.22. The maximum Gasteiger partial charge on any atom is 0.268 e. The van der Waals surface area contributed by atoms with Crippen molar-refractivity contribution in [2.75, 3.05) is 11.4 Å². The van der Waals surface area contributed by atoms with Gasteiger partial charge in [-0.3, -0.25) is 4.79 Å². The molecule has 1 atom stereocenters. The van der Waals surface area contributed by atoms with Crippen molar-refractivity contribution in [3.05, 3.63) is 35.9 Å². The Labute approximate surface area is 99.3 Å². The number of hydrogen-bond donors (Lipinski definition) is 0. The molecule has 0 saturated carbocycles. The third-order valence-electron chi connectivity index (χ3n) is 2.44. The van der Waals surface area contributed by atoms with Crippen molar-refractivity contribution < 1.29 is 9.53 Å². The van der Waals surface area contributed by atoms with E-state index in [-0.39, 0.29) is 5.91 Å². The maximum atomic E-state index is 11.9. The van der Waals surface area contributed by atoms with Gasteiger partial charge in [0, 0.05) is 11.6 Å². The lowest BCUT2D eigenvalue weighted by molar-refractivity contribution is -0.125. The first kappa shape index (κ1) is 11.0. The molecule has 0 radical (unpaired) electrons. The van der Waals surface area contributed by atoms with Gasteiger partial charge in [-0.25, -0.2) is 0 Å². The van der Waals surface area contributed by atoms with E-state index in [1.54, 1.807) is 36.1 Å². The van der Waals surface area contributed by atoms with Crippen LogP contribution in [0.2, 0.25) is 5.02 Å². The first-order valence-corrected chi connectivity index (χ1v) is 5.39. The number of nitrogens with zero attached hydrogens (tertiary/aromatic N) is 1. The standard InChI is InChI=1S/C12H12ClNO2/c1-3-6-14-10-7-9(13)4-5-11(10)16-8(2)12(14)15/h3-5,7-8H,1,6H2,2H3. The molecule has 1 aromatic rings. The smallest absolute Gasteiger partial charge is 0.268 e. The second kappa shape index (κ2) is 4.18. The van der Waals surface area contributed by atoms with Crippen LogP contribution in [-0.4, -0.2) is 18.6 Å². The third kappa shape index (κ3) is 1.78. The topological polar surface area (TPSA) is 29.5 Å². The highest BCUT2D eigenvalue weighted by Gasteiger charge is 2.30. The molecule has 1 aliphatic rings. The van der Waals surface area contributed by atoms with Gasteiger partial charge in [0.05, 0.1) is 5.69 Å². The van der Waals surface area contributed by atoms with Crippen LogP contribution in [0.25, 0.3) is 0 Å². The van der Waals surface area contributed by atoms with Crippen LogP contribution in [0.4, 0.5) is 5.69 Å². The van der Waals surface area contributed by atoms with Crippen molar-refractivity contribution in [1.29, 1.82) is 0 Å². The molecule has 1 unspecified atom stereocenters. The van der Waals surface area contributed by atoms with Crippen LogP contribution in [0.5, 0.6) is 5.75 Å². The van der Waals surface area contributed by atoms with Gasteiger partial charge in [0.25, 0.3) is 5.91 Å². The largest absolute Gasteiger partial charge is 0.479 e. The predicted octanol–water partition coefficient (Wildman–Crippen LogP) is 2.64. The monoisotopic (exact) mass is 237 g/mol. The van der Waals surface area contributed by atoms with Gasteiger partial charge in [-0.1, -0.05) is 17.7 Å². The van der Waals surface area contributed by atoms with Gasteiger partial charge >= 0.3 is 0 Å². The Morgan fingerprint density at radius 1 is 1.62 bits per heavy atom. The molecule has 0 fully saturated rings. The molecule has 2 rings (SSSR count). The van der Waals surface area contributed by atoms with Gasteiger partial charge in [0.2, 0.25) is 0 Å². The average molecular weight is 238 g/mol. The number of carbonyl (C=O) groups is 1. The summed E-state index contributed by atoms with van der Waals surface area (Å²) in [5.74, 6) is 0.605. The minimum atomic E-state index is -0.464. The fraction of sp³-hybridized carbons (Fsp3) is 0.250. The summed E-state index contributed by atoms with van der Waals surface area (Å²) < 4.78 is 5.49. The lowest BCUT2D eigenvalue weighted by Crippen LogP contribution is -2.44. The van der Waals surface area contributed by atoms with Crippen LogP contribution >= 0.6 is 11.6 Å². The quantitative estimate of drug-likeness (QED) is 0.740. The molecule has 16 heavy (non-hydrogen) atoms. The SMILES string of the molecule is C=CCN1C(=O)C(C)Oc2ccc(Cl)cc21. The molecule has 1 heterocycles. The number of benzene rings is 1. The summed E-state index contributed by atoms with van der Waals surface area (Å²) in [7, 11) is 0. The number of hydrogen-bond acceptors (Lipinski definition) is 2. The molecule has 1 aliphatic heterocycles. The van der Waals surface area contributed by atoms with E-state index in [1.165, 1.54) is 0 Å². The van der Waals surface area contributed by atoms with Crippen molar-refractivity contribution in [3.8, 4) is 5.75 Å². The van der Waals surface area contributed by atoms with E-state index < -0.39 is 6.10 Å². The second-order valence-electron chi connectivity index (χ2n) is 3.61. The van der Waals surface area contributed by atoms with E-state index in [4.69, 9.17) is 16.3 Å². The lowest BCUT2D eigenvalue weighted by Gasteiger charge is -2.32. The van der Waals surface area contributed by atoms with Gasteiger partial charge in [0.1, 0.15) is 5.75 Å².